The lowest BCUT2D eigenvalue weighted by Gasteiger charge is -2.45. The van der Waals surface area contributed by atoms with Crippen molar-refractivity contribution in [2.75, 3.05) is 27.9 Å². The number of nitrogens with zero attached hydrogens (tertiary/aromatic N) is 4. The molecule has 1 aromatic heterocycles. The summed E-state index contributed by atoms with van der Waals surface area (Å²) in [7, 11) is 4.34. The smallest absolute Gasteiger partial charge is 0.255 e. The Morgan fingerprint density at radius 1 is 1.14 bits per heavy atom. The van der Waals surface area contributed by atoms with Gasteiger partial charge in [-0.05, 0) is 30.3 Å². The molecular weight excluding hydrogens is 475 g/mol. The largest absolute Gasteiger partial charge is 0.493 e. The van der Waals surface area contributed by atoms with Gasteiger partial charge in [0.15, 0.2) is 17.7 Å². The minimum absolute atomic E-state index is 0.239. The number of hydrogen-bond donors (Lipinski definition) is 3. The summed E-state index contributed by atoms with van der Waals surface area (Å²) in [5.41, 5.74) is 1.00. The molecule has 2 unspecified atom stereocenters. The van der Waals surface area contributed by atoms with Crippen molar-refractivity contribution in [1.82, 2.24) is 19.9 Å². The van der Waals surface area contributed by atoms with Crippen molar-refractivity contribution in [2.24, 2.45) is 0 Å². The zero-order valence-electron chi connectivity index (χ0n) is 19.9. The van der Waals surface area contributed by atoms with E-state index in [1.54, 1.807) is 12.1 Å². The maximum Gasteiger partial charge on any atom is 0.255 e. The molecule has 1 fully saturated rings. The highest BCUT2D eigenvalue weighted by Gasteiger charge is 2.48. The topological polar surface area (TPSA) is 139 Å². The van der Waals surface area contributed by atoms with Crippen molar-refractivity contribution >= 4 is 5.91 Å². The van der Waals surface area contributed by atoms with Gasteiger partial charge >= 0.3 is 0 Å². The van der Waals surface area contributed by atoms with E-state index in [4.69, 9.17) is 14.2 Å². The highest BCUT2D eigenvalue weighted by Crippen LogP contribution is 2.33. The fraction of sp³-hybridized carbons (Fsp3) is 0.375. The Morgan fingerprint density at radius 2 is 1.89 bits per heavy atom. The van der Waals surface area contributed by atoms with Gasteiger partial charge in [-0.1, -0.05) is 17.3 Å². The predicted molar refractivity (Wildman–Crippen MR) is 124 cm³/mol. The second-order valence-corrected chi connectivity index (χ2v) is 8.30. The van der Waals surface area contributed by atoms with E-state index in [0.717, 1.165) is 4.90 Å². The van der Waals surface area contributed by atoms with Gasteiger partial charge in [0, 0.05) is 18.2 Å². The van der Waals surface area contributed by atoms with Gasteiger partial charge in [0.2, 0.25) is 0 Å². The summed E-state index contributed by atoms with van der Waals surface area (Å²) in [5.74, 6) is -0.180. The van der Waals surface area contributed by atoms with Crippen LogP contribution in [0, 0.1) is 5.82 Å². The summed E-state index contributed by atoms with van der Waals surface area (Å²) in [6, 6.07) is 9.21. The van der Waals surface area contributed by atoms with Crippen LogP contribution < -0.4 is 9.47 Å². The molecule has 0 saturated carbocycles. The fourth-order valence-corrected chi connectivity index (χ4v) is 4.21. The van der Waals surface area contributed by atoms with E-state index in [1.165, 1.54) is 62.5 Å². The van der Waals surface area contributed by atoms with E-state index in [-0.39, 0.29) is 5.56 Å². The molecule has 1 aliphatic heterocycles. The SMILES string of the molecule is COc1ccc(C(=O)N(C)[C@@H]2OC(CO)[C@H](O)[C@H](n3cc(-c4cccc(F)c4)nn3)C2O)cc1OC. The van der Waals surface area contributed by atoms with Crippen molar-refractivity contribution in [2.45, 2.75) is 30.6 Å². The molecular formula is C24H27FN4O7. The number of aliphatic hydroxyl groups is 3. The van der Waals surface area contributed by atoms with Gasteiger partial charge in [0.1, 0.15) is 35.9 Å². The molecule has 5 atom stereocenters. The summed E-state index contributed by atoms with van der Waals surface area (Å²) < 4.78 is 31.0. The summed E-state index contributed by atoms with van der Waals surface area (Å²) in [4.78, 5) is 14.4. The van der Waals surface area contributed by atoms with Crippen LogP contribution in [0.3, 0.4) is 0 Å². The van der Waals surface area contributed by atoms with E-state index >= 15 is 0 Å². The number of aromatic nitrogens is 3. The first kappa shape index (κ1) is 25.5. The Labute approximate surface area is 206 Å². The Kier molecular flexibility index (Phi) is 7.50. The van der Waals surface area contributed by atoms with Crippen LogP contribution in [0.4, 0.5) is 4.39 Å². The summed E-state index contributed by atoms with van der Waals surface area (Å²) in [6.07, 6.45) is -3.78. The number of hydrogen-bond acceptors (Lipinski definition) is 9. The van der Waals surface area contributed by atoms with E-state index in [0.29, 0.717) is 22.8 Å². The van der Waals surface area contributed by atoms with E-state index in [9.17, 15) is 24.5 Å². The number of rotatable bonds is 7. The lowest BCUT2D eigenvalue weighted by atomic mass is 9.94. The number of ether oxygens (including phenoxy) is 3. The molecule has 0 spiro atoms. The molecule has 36 heavy (non-hydrogen) atoms. The monoisotopic (exact) mass is 502 g/mol. The molecule has 192 valence electrons. The molecule has 4 rings (SSSR count). The zero-order chi connectivity index (χ0) is 26.0. The average Bonchev–Trinajstić information content (AvgIpc) is 3.37. The van der Waals surface area contributed by atoms with Gasteiger partial charge in [-0.25, -0.2) is 9.07 Å². The number of carbonyl (C=O) groups excluding carboxylic acids is 1. The van der Waals surface area contributed by atoms with Crippen molar-refractivity contribution in [3.63, 3.8) is 0 Å². The van der Waals surface area contributed by atoms with E-state index < -0.39 is 48.9 Å². The molecule has 12 heteroatoms. The predicted octanol–water partition coefficient (Wildman–Crippen LogP) is 0.854. The summed E-state index contributed by atoms with van der Waals surface area (Å²) in [6.45, 7) is -0.579. The molecule has 0 bridgehead atoms. The van der Waals surface area contributed by atoms with Crippen LogP contribution in [0.15, 0.2) is 48.7 Å². The van der Waals surface area contributed by atoms with Crippen LogP contribution in [0.25, 0.3) is 11.3 Å². The van der Waals surface area contributed by atoms with Crippen LogP contribution >= 0.6 is 0 Å². The number of carbonyl (C=O) groups is 1. The molecule has 2 aromatic carbocycles. The van der Waals surface area contributed by atoms with Gasteiger partial charge < -0.3 is 34.4 Å². The molecule has 11 nitrogen and oxygen atoms in total. The normalized spacial score (nSPS) is 23.8. The highest BCUT2D eigenvalue weighted by atomic mass is 19.1. The Morgan fingerprint density at radius 3 is 2.56 bits per heavy atom. The van der Waals surface area contributed by atoms with Crippen molar-refractivity contribution < 1.29 is 38.7 Å². The maximum atomic E-state index is 13.6. The molecule has 3 N–H and O–H groups in total. The Bertz CT molecular complexity index is 1220. The number of likely N-dealkylation sites (N-methyl/N-ethyl adjacent to an activating group) is 1. The second-order valence-electron chi connectivity index (χ2n) is 8.30. The van der Waals surface area contributed by atoms with Crippen molar-refractivity contribution in [1.29, 1.82) is 0 Å². The van der Waals surface area contributed by atoms with Crippen molar-refractivity contribution in [3.8, 4) is 22.8 Å². The number of methoxy groups -OCH3 is 2. The van der Waals surface area contributed by atoms with Crippen LogP contribution in [-0.4, -0.2) is 93.5 Å². The summed E-state index contributed by atoms with van der Waals surface area (Å²) in [5, 5.41) is 39.9. The second kappa shape index (κ2) is 10.6. The van der Waals surface area contributed by atoms with Crippen LogP contribution in [0.2, 0.25) is 0 Å². The van der Waals surface area contributed by atoms with E-state index in [1.807, 2.05) is 0 Å². The Hall–Kier alpha value is -3.58. The Balaban J connectivity index is 1.63. The van der Waals surface area contributed by atoms with Gasteiger partial charge in [-0.2, -0.15) is 0 Å². The first-order chi connectivity index (χ1) is 17.3. The highest BCUT2D eigenvalue weighted by molar-refractivity contribution is 5.95. The molecule has 0 aliphatic carbocycles. The number of aliphatic hydroxyl groups excluding tert-OH is 3. The molecule has 3 aromatic rings. The standard InChI is InChI=1S/C24H27FN4O7/c1-28(23(33)14-7-8-17(34-2)18(10-14)35-3)24-22(32)20(21(31)19(12-30)36-24)29-11-16(26-27-29)13-5-4-6-15(25)9-13/h4-11,19-22,24,30-32H,12H2,1-3H3/t19?,20-,21-,22?,24+/m0/s1. The van der Waals surface area contributed by atoms with Crippen molar-refractivity contribution in [3.05, 3.63) is 60.0 Å². The van der Waals surface area contributed by atoms with Gasteiger partial charge in [0.25, 0.3) is 5.91 Å². The lowest BCUT2D eigenvalue weighted by Crippen LogP contribution is -2.61. The molecule has 1 saturated heterocycles. The van der Waals surface area contributed by atoms with E-state index in [2.05, 4.69) is 10.3 Å². The molecule has 1 aliphatic rings. The third kappa shape index (κ3) is 4.75. The van der Waals surface area contributed by atoms with Crippen LogP contribution in [0.5, 0.6) is 11.5 Å². The maximum absolute atomic E-state index is 13.6. The minimum atomic E-state index is -1.46. The zero-order valence-corrected chi connectivity index (χ0v) is 19.9. The average molecular weight is 502 g/mol. The first-order valence-corrected chi connectivity index (χ1v) is 11.1. The third-order valence-electron chi connectivity index (χ3n) is 6.14. The molecule has 2 heterocycles. The van der Waals surface area contributed by atoms with Gasteiger partial charge in [-0.15, -0.1) is 5.10 Å². The number of amides is 1. The summed E-state index contributed by atoms with van der Waals surface area (Å²) >= 11 is 0. The van der Waals surface area contributed by atoms with Gasteiger partial charge in [0.05, 0.1) is 27.0 Å². The third-order valence-corrected chi connectivity index (χ3v) is 6.14. The fourth-order valence-electron chi connectivity index (χ4n) is 4.21. The first-order valence-electron chi connectivity index (χ1n) is 11.1. The van der Waals surface area contributed by atoms with Crippen LogP contribution in [0.1, 0.15) is 16.4 Å². The minimum Gasteiger partial charge on any atom is -0.493 e. The molecule has 1 amide bonds. The number of halogens is 1. The van der Waals surface area contributed by atoms with Gasteiger partial charge in [-0.3, -0.25) is 4.79 Å². The molecule has 0 radical (unpaired) electrons. The quantitative estimate of drug-likeness (QED) is 0.429. The van der Waals surface area contributed by atoms with Crippen LogP contribution in [-0.2, 0) is 4.74 Å². The lowest BCUT2D eigenvalue weighted by molar-refractivity contribution is -0.235. The number of benzene rings is 2.